The summed E-state index contributed by atoms with van der Waals surface area (Å²) in [5.41, 5.74) is 0. The van der Waals surface area contributed by atoms with Crippen LogP contribution in [-0.2, 0) is 4.79 Å². The van der Waals surface area contributed by atoms with Gasteiger partial charge in [0.1, 0.15) is 0 Å². The van der Waals surface area contributed by atoms with Gasteiger partial charge < -0.3 is 0 Å². The van der Waals surface area contributed by atoms with Crippen molar-refractivity contribution >= 4 is 37.5 Å². The van der Waals surface area contributed by atoms with Gasteiger partial charge in [0.2, 0.25) is 0 Å². The quantitative estimate of drug-likeness (QED) is 0.438. The van der Waals surface area contributed by atoms with Crippen LogP contribution in [0.15, 0.2) is 0 Å². The van der Waals surface area contributed by atoms with Crippen molar-refractivity contribution in [3.8, 4) is 0 Å². The average molecular weight is 321 g/mol. The predicted molar refractivity (Wildman–Crippen MR) is 96.2 cm³/mol. The molecule has 0 spiro atoms. The molecule has 0 aromatic rings. The lowest BCUT2D eigenvalue weighted by atomic mass is 9.88. The molecule has 19 heavy (non-hydrogen) atoms. The van der Waals surface area contributed by atoms with E-state index < -0.39 is 0 Å². The molecule has 4 heteroatoms. The van der Waals surface area contributed by atoms with Crippen LogP contribution in [0.2, 0.25) is 0 Å². The SMILES string of the molecule is CCCCCC(=O)SC(C)C(C)C(C)(CCC)S[SiH3]. The summed E-state index contributed by atoms with van der Waals surface area (Å²) >= 11 is 3.69. The highest BCUT2D eigenvalue weighted by molar-refractivity contribution is 8.20. The fourth-order valence-electron chi connectivity index (χ4n) is 2.40. The second-order valence-corrected chi connectivity index (χ2v) is 9.71. The van der Waals surface area contributed by atoms with Gasteiger partial charge in [0.25, 0.3) is 0 Å². The Bertz CT molecular complexity index is 261. The van der Waals surface area contributed by atoms with Crippen LogP contribution in [0.3, 0.4) is 0 Å². The van der Waals surface area contributed by atoms with Gasteiger partial charge in [-0.2, -0.15) is 11.2 Å². The van der Waals surface area contributed by atoms with Crippen LogP contribution in [0.25, 0.3) is 0 Å². The summed E-state index contributed by atoms with van der Waals surface area (Å²) in [7, 11) is 1.18. The molecule has 0 saturated heterocycles. The van der Waals surface area contributed by atoms with Crippen LogP contribution >= 0.6 is 23.0 Å². The normalized spacial score (nSPS) is 17.9. The van der Waals surface area contributed by atoms with E-state index in [4.69, 9.17) is 0 Å². The topological polar surface area (TPSA) is 17.1 Å². The summed E-state index contributed by atoms with van der Waals surface area (Å²) in [6, 6.07) is 0. The molecule has 0 rings (SSSR count). The molecule has 0 aromatic heterocycles. The number of carbonyl (C=O) groups excluding carboxylic acids is 1. The highest BCUT2D eigenvalue weighted by Crippen LogP contribution is 2.40. The third-order valence-corrected chi connectivity index (χ3v) is 9.74. The molecule has 0 bridgehead atoms. The van der Waals surface area contributed by atoms with E-state index in [9.17, 15) is 4.79 Å². The maximum atomic E-state index is 12.0. The minimum absolute atomic E-state index is 0.358. The third kappa shape index (κ3) is 7.23. The molecule has 1 nitrogen and oxygen atoms in total. The van der Waals surface area contributed by atoms with Crippen molar-refractivity contribution in [1.29, 1.82) is 0 Å². The lowest BCUT2D eigenvalue weighted by Gasteiger charge is -2.37. The zero-order valence-corrected chi connectivity index (χ0v) is 17.3. The molecule has 3 atom stereocenters. The minimum atomic E-state index is 0.358. The van der Waals surface area contributed by atoms with Gasteiger partial charge in [0.15, 0.2) is 5.12 Å². The summed E-state index contributed by atoms with van der Waals surface area (Å²) in [5, 5.41) is 0.831. The molecule has 0 radical (unpaired) electrons. The zero-order chi connectivity index (χ0) is 14.9. The second-order valence-electron chi connectivity index (χ2n) is 5.71. The number of rotatable bonds is 10. The van der Waals surface area contributed by atoms with E-state index in [1.54, 1.807) is 11.8 Å². The largest absolute Gasteiger partial charge is 0.287 e. The van der Waals surface area contributed by atoms with Crippen LogP contribution in [-0.4, -0.2) is 24.5 Å². The first-order valence-electron chi connectivity index (χ1n) is 7.65. The molecule has 3 unspecified atom stereocenters. The molecular weight excluding hydrogens is 288 g/mol. The van der Waals surface area contributed by atoms with E-state index in [0.717, 1.165) is 12.8 Å². The Labute approximate surface area is 131 Å². The zero-order valence-electron chi connectivity index (χ0n) is 13.6. The Morgan fingerprint density at radius 3 is 2.32 bits per heavy atom. The van der Waals surface area contributed by atoms with E-state index in [1.165, 1.54) is 35.1 Å². The average Bonchev–Trinajstić information content (AvgIpc) is 2.38. The monoisotopic (exact) mass is 320 g/mol. The summed E-state index contributed by atoms with van der Waals surface area (Å²) in [6.07, 6.45) is 6.68. The standard InChI is InChI=1S/C15H32OS2Si/c1-6-8-9-10-14(16)17-13(4)12(3)15(5,18-19)11-7-2/h12-13H,6-11H2,1-5,19H3. The van der Waals surface area contributed by atoms with Crippen LogP contribution in [0.1, 0.15) is 73.1 Å². The molecule has 0 saturated carbocycles. The fourth-order valence-corrected chi connectivity index (χ4v) is 6.38. The van der Waals surface area contributed by atoms with Crippen LogP contribution in [0.4, 0.5) is 0 Å². The lowest BCUT2D eigenvalue weighted by Crippen LogP contribution is -2.35. The van der Waals surface area contributed by atoms with E-state index in [0.29, 0.717) is 21.0 Å². The van der Waals surface area contributed by atoms with Gasteiger partial charge in [-0.3, -0.25) is 4.79 Å². The first kappa shape index (κ1) is 19.6. The lowest BCUT2D eigenvalue weighted by molar-refractivity contribution is -0.111. The van der Waals surface area contributed by atoms with E-state index in [2.05, 4.69) is 45.8 Å². The Kier molecular flexibility index (Phi) is 10.7. The molecule has 0 aromatic carbocycles. The van der Waals surface area contributed by atoms with Gasteiger partial charge in [0, 0.05) is 16.4 Å². The van der Waals surface area contributed by atoms with Gasteiger partial charge in [-0.15, -0.1) is 0 Å². The highest BCUT2D eigenvalue weighted by Gasteiger charge is 2.33. The van der Waals surface area contributed by atoms with Gasteiger partial charge in [0.05, 0.1) is 9.39 Å². The molecule has 114 valence electrons. The van der Waals surface area contributed by atoms with Gasteiger partial charge >= 0.3 is 0 Å². The van der Waals surface area contributed by atoms with Crippen LogP contribution in [0, 0.1) is 5.92 Å². The second kappa shape index (κ2) is 10.3. The predicted octanol–water partition coefficient (Wildman–Crippen LogP) is 4.42. The van der Waals surface area contributed by atoms with Gasteiger partial charge in [-0.1, -0.05) is 65.6 Å². The van der Waals surface area contributed by atoms with Crippen molar-refractivity contribution in [2.24, 2.45) is 5.92 Å². The van der Waals surface area contributed by atoms with Crippen molar-refractivity contribution in [1.82, 2.24) is 0 Å². The molecule has 0 N–H and O–H groups in total. The Morgan fingerprint density at radius 2 is 1.84 bits per heavy atom. The first-order valence-corrected chi connectivity index (χ1v) is 12.2. The molecule has 0 aliphatic carbocycles. The number of thioether (sulfide) groups is 1. The number of hydrogen-bond donors (Lipinski definition) is 0. The van der Waals surface area contributed by atoms with E-state index in [1.807, 2.05) is 0 Å². The summed E-state index contributed by atoms with van der Waals surface area (Å²) in [4.78, 5) is 12.0. The summed E-state index contributed by atoms with van der Waals surface area (Å²) in [6.45, 7) is 11.4. The highest BCUT2D eigenvalue weighted by atomic mass is 32.4. The minimum Gasteiger partial charge on any atom is -0.287 e. The smallest absolute Gasteiger partial charge is 0.189 e. The van der Waals surface area contributed by atoms with Crippen molar-refractivity contribution in [2.75, 3.05) is 0 Å². The summed E-state index contributed by atoms with van der Waals surface area (Å²) < 4.78 is 0.358. The number of hydrogen-bond acceptors (Lipinski definition) is 3. The van der Waals surface area contributed by atoms with Crippen molar-refractivity contribution in [3.05, 3.63) is 0 Å². The van der Waals surface area contributed by atoms with E-state index in [-0.39, 0.29) is 0 Å². The van der Waals surface area contributed by atoms with Crippen LogP contribution in [0.5, 0.6) is 0 Å². The Hall–Kier alpha value is 0.587. The summed E-state index contributed by atoms with van der Waals surface area (Å²) in [5.74, 6) is 0.593. The van der Waals surface area contributed by atoms with Crippen molar-refractivity contribution in [3.63, 3.8) is 0 Å². The van der Waals surface area contributed by atoms with E-state index >= 15 is 0 Å². The Morgan fingerprint density at radius 1 is 1.21 bits per heavy atom. The Balaban J connectivity index is 4.31. The van der Waals surface area contributed by atoms with Crippen molar-refractivity contribution < 1.29 is 4.79 Å². The first-order chi connectivity index (χ1) is 8.91. The maximum absolute atomic E-state index is 12.0. The third-order valence-electron chi connectivity index (χ3n) is 4.18. The van der Waals surface area contributed by atoms with Gasteiger partial charge in [-0.05, 0) is 18.8 Å². The maximum Gasteiger partial charge on any atom is 0.189 e. The van der Waals surface area contributed by atoms with Crippen molar-refractivity contribution in [2.45, 2.75) is 83.1 Å². The molecular formula is C15H32OS2Si. The molecule has 0 aliphatic heterocycles. The fraction of sp³-hybridized carbons (Fsp3) is 0.933. The van der Waals surface area contributed by atoms with Gasteiger partial charge in [-0.25, -0.2) is 0 Å². The molecule has 0 aliphatic rings. The molecule has 0 heterocycles. The number of carbonyl (C=O) groups is 1. The van der Waals surface area contributed by atoms with Crippen LogP contribution < -0.4 is 0 Å². The molecule has 0 amide bonds. The molecule has 0 fully saturated rings. The number of unbranched alkanes of at least 4 members (excludes halogenated alkanes) is 2.